The van der Waals surface area contributed by atoms with E-state index in [-0.39, 0.29) is 30.2 Å². The SMILES string of the molecule is COC(=O)CC1(CC(=O)OC)CCOCC1. The molecule has 16 heavy (non-hydrogen) atoms. The van der Waals surface area contributed by atoms with Crippen LogP contribution in [0.5, 0.6) is 0 Å². The van der Waals surface area contributed by atoms with Gasteiger partial charge >= 0.3 is 11.9 Å². The maximum Gasteiger partial charge on any atom is 0.306 e. The number of carbonyl (C=O) groups is 2. The number of hydrogen-bond acceptors (Lipinski definition) is 5. The van der Waals surface area contributed by atoms with Gasteiger partial charge < -0.3 is 14.2 Å². The van der Waals surface area contributed by atoms with Gasteiger partial charge in [-0.2, -0.15) is 0 Å². The zero-order chi connectivity index (χ0) is 12.0. The second-order valence-electron chi connectivity index (χ2n) is 4.12. The van der Waals surface area contributed by atoms with Gasteiger partial charge in [0.25, 0.3) is 0 Å². The Kier molecular flexibility index (Phi) is 4.73. The summed E-state index contributed by atoms with van der Waals surface area (Å²) in [5.41, 5.74) is -0.349. The summed E-state index contributed by atoms with van der Waals surface area (Å²) in [7, 11) is 2.71. The molecule has 0 N–H and O–H groups in total. The normalized spacial score (nSPS) is 18.9. The topological polar surface area (TPSA) is 61.8 Å². The number of ether oxygens (including phenoxy) is 3. The fourth-order valence-corrected chi connectivity index (χ4v) is 1.98. The summed E-state index contributed by atoms with van der Waals surface area (Å²) >= 11 is 0. The minimum atomic E-state index is -0.349. The van der Waals surface area contributed by atoms with Crippen molar-refractivity contribution in [2.75, 3.05) is 27.4 Å². The van der Waals surface area contributed by atoms with Crippen LogP contribution < -0.4 is 0 Å². The molecule has 0 saturated carbocycles. The van der Waals surface area contributed by atoms with E-state index >= 15 is 0 Å². The summed E-state index contributed by atoms with van der Waals surface area (Å²) in [6.45, 7) is 1.15. The molecule has 0 aromatic carbocycles. The van der Waals surface area contributed by atoms with E-state index in [0.717, 1.165) is 0 Å². The van der Waals surface area contributed by atoms with Gasteiger partial charge in [-0.25, -0.2) is 0 Å². The fourth-order valence-electron chi connectivity index (χ4n) is 1.98. The van der Waals surface area contributed by atoms with Crippen LogP contribution in [-0.4, -0.2) is 39.4 Å². The molecule has 0 aromatic heterocycles. The molecule has 0 radical (unpaired) electrons. The quantitative estimate of drug-likeness (QED) is 0.672. The summed E-state index contributed by atoms with van der Waals surface area (Å²) in [4.78, 5) is 22.7. The lowest BCUT2D eigenvalue weighted by Gasteiger charge is -2.35. The molecule has 1 fully saturated rings. The summed E-state index contributed by atoms with van der Waals surface area (Å²) in [5.74, 6) is -0.573. The van der Waals surface area contributed by atoms with Crippen molar-refractivity contribution < 1.29 is 23.8 Å². The number of methoxy groups -OCH3 is 2. The van der Waals surface area contributed by atoms with Crippen molar-refractivity contribution in [3.05, 3.63) is 0 Å². The van der Waals surface area contributed by atoms with Crippen LogP contribution in [0.1, 0.15) is 25.7 Å². The van der Waals surface area contributed by atoms with E-state index in [4.69, 9.17) is 4.74 Å². The highest BCUT2D eigenvalue weighted by atomic mass is 16.5. The van der Waals surface area contributed by atoms with Crippen LogP contribution in [0.4, 0.5) is 0 Å². The lowest BCUT2D eigenvalue weighted by molar-refractivity contribution is -0.150. The highest BCUT2D eigenvalue weighted by Crippen LogP contribution is 2.38. The van der Waals surface area contributed by atoms with Gasteiger partial charge in [0.1, 0.15) is 0 Å². The number of hydrogen-bond donors (Lipinski definition) is 0. The first-order valence-corrected chi connectivity index (χ1v) is 5.33. The maximum atomic E-state index is 11.3. The van der Waals surface area contributed by atoms with Crippen LogP contribution in [0.3, 0.4) is 0 Å². The molecule has 0 unspecified atom stereocenters. The monoisotopic (exact) mass is 230 g/mol. The van der Waals surface area contributed by atoms with Gasteiger partial charge in [-0.15, -0.1) is 0 Å². The Hall–Kier alpha value is -1.10. The Balaban J connectivity index is 2.66. The molecule has 0 amide bonds. The van der Waals surface area contributed by atoms with Crippen LogP contribution in [0.25, 0.3) is 0 Å². The highest BCUT2D eigenvalue weighted by molar-refractivity contribution is 5.74. The second-order valence-corrected chi connectivity index (χ2v) is 4.12. The zero-order valence-corrected chi connectivity index (χ0v) is 9.78. The Bertz CT molecular complexity index is 235. The molecule has 1 aliphatic rings. The minimum Gasteiger partial charge on any atom is -0.469 e. The summed E-state index contributed by atoms with van der Waals surface area (Å²) in [6.07, 6.45) is 1.89. The van der Waals surface area contributed by atoms with Gasteiger partial charge in [0.2, 0.25) is 0 Å². The largest absolute Gasteiger partial charge is 0.469 e. The third kappa shape index (κ3) is 3.48. The van der Waals surface area contributed by atoms with Gasteiger partial charge in [-0.1, -0.05) is 0 Å². The summed E-state index contributed by atoms with van der Waals surface area (Å²) < 4.78 is 14.6. The van der Waals surface area contributed by atoms with Crippen LogP contribution in [-0.2, 0) is 23.8 Å². The van der Waals surface area contributed by atoms with Crippen molar-refractivity contribution in [1.29, 1.82) is 0 Å². The first kappa shape index (κ1) is 13.0. The van der Waals surface area contributed by atoms with Gasteiger partial charge in [-0.05, 0) is 18.3 Å². The van der Waals surface area contributed by atoms with Gasteiger partial charge in [-0.3, -0.25) is 9.59 Å². The van der Waals surface area contributed by atoms with Crippen molar-refractivity contribution in [2.45, 2.75) is 25.7 Å². The van der Waals surface area contributed by atoms with E-state index in [9.17, 15) is 9.59 Å². The molecule has 0 aromatic rings. The van der Waals surface area contributed by atoms with E-state index in [0.29, 0.717) is 26.1 Å². The maximum absolute atomic E-state index is 11.3. The third-order valence-corrected chi connectivity index (χ3v) is 3.05. The smallest absolute Gasteiger partial charge is 0.306 e. The molecule has 0 atom stereocenters. The Labute approximate surface area is 95.0 Å². The van der Waals surface area contributed by atoms with Crippen LogP contribution in [0.15, 0.2) is 0 Å². The Morgan fingerprint density at radius 3 is 1.88 bits per heavy atom. The third-order valence-electron chi connectivity index (χ3n) is 3.05. The minimum absolute atomic E-state index is 0.252. The molecule has 92 valence electrons. The summed E-state index contributed by atoms with van der Waals surface area (Å²) in [5, 5.41) is 0. The molecule has 0 spiro atoms. The van der Waals surface area contributed by atoms with E-state index in [2.05, 4.69) is 9.47 Å². The van der Waals surface area contributed by atoms with Crippen molar-refractivity contribution in [2.24, 2.45) is 5.41 Å². The lowest BCUT2D eigenvalue weighted by atomic mass is 9.74. The molecule has 5 nitrogen and oxygen atoms in total. The van der Waals surface area contributed by atoms with Crippen molar-refractivity contribution in [3.63, 3.8) is 0 Å². The molecular formula is C11H18O5. The average Bonchev–Trinajstić information content (AvgIpc) is 2.29. The molecule has 0 aliphatic carbocycles. The predicted molar refractivity (Wildman–Crippen MR) is 55.8 cm³/mol. The van der Waals surface area contributed by atoms with Crippen LogP contribution >= 0.6 is 0 Å². The fraction of sp³-hybridized carbons (Fsp3) is 0.818. The predicted octanol–water partition coefficient (Wildman–Crippen LogP) is 0.909. The molecular weight excluding hydrogens is 212 g/mol. The Morgan fingerprint density at radius 1 is 1.06 bits per heavy atom. The standard InChI is InChI=1S/C11H18O5/c1-14-9(12)7-11(8-10(13)15-2)3-5-16-6-4-11/h3-8H2,1-2H3. The molecule has 5 heteroatoms. The van der Waals surface area contributed by atoms with Crippen molar-refractivity contribution in [1.82, 2.24) is 0 Å². The number of carbonyl (C=O) groups excluding carboxylic acids is 2. The average molecular weight is 230 g/mol. The first-order valence-electron chi connectivity index (χ1n) is 5.33. The molecule has 1 rings (SSSR count). The molecule has 0 bridgehead atoms. The highest BCUT2D eigenvalue weighted by Gasteiger charge is 2.37. The number of rotatable bonds is 4. The van der Waals surface area contributed by atoms with Crippen LogP contribution in [0, 0.1) is 5.41 Å². The van der Waals surface area contributed by atoms with E-state index < -0.39 is 0 Å². The van der Waals surface area contributed by atoms with E-state index in [1.165, 1.54) is 14.2 Å². The summed E-state index contributed by atoms with van der Waals surface area (Å²) in [6, 6.07) is 0. The molecule has 1 heterocycles. The second kappa shape index (κ2) is 5.84. The van der Waals surface area contributed by atoms with Crippen molar-refractivity contribution >= 4 is 11.9 Å². The Morgan fingerprint density at radius 2 is 1.50 bits per heavy atom. The van der Waals surface area contributed by atoms with Gasteiger partial charge in [0.05, 0.1) is 27.1 Å². The number of esters is 2. The zero-order valence-electron chi connectivity index (χ0n) is 9.78. The lowest BCUT2D eigenvalue weighted by Crippen LogP contribution is -2.34. The molecule has 1 aliphatic heterocycles. The van der Waals surface area contributed by atoms with Gasteiger partial charge in [0.15, 0.2) is 0 Å². The van der Waals surface area contributed by atoms with Crippen LogP contribution in [0.2, 0.25) is 0 Å². The van der Waals surface area contributed by atoms with Gasteiger partial charge in [0, 0.05) is 13.2 Å². The first-order chi connectivity index (χ1) is 7.62. The van der Waals surface area contributed by atoms with E-state index in [1.54, 1.807) is 0 Å². The molecule has 1 saturated heterocycles. The van der Waals surface area contributed by atoms with E-state index in [1.807, 2.05) is 0 Å². The van der Waals surface area contributed by atoms with Crippen molar-refractivity contribution in [3.8, 4) is 0 Å².